The number of hydrogen-bond acceptors (Lipinski definition) is 2. The van der Waals surface area contributed by atoms with Gasteiger partial charge in [-0.05, 0) is 68.7 Å². The Hall–Kier alpha value is -1.02. The zero-order valence-corrected chi connectivity index (χ0v) is 12.8. The second-order valence-electron chi connectivity index (χ2n) is 6.84. The minimum atomic E-state index is 0.109. The number of rotatable bonds is 7. The van der Waals surface area contributed by atoms with E-state index in [1.165, 1.54) is 37.7 Å². The van der Waals surface area contributed by atoms with E-state index in [-0.39, 0.29) is 5.60 Å². The van der Waals surface area contributed by atoms with Crippen molar-refractivity contribution in [2.75, 3.05) is 6.54 Å². The molecule has 2 aliphatic carbocycles. The lowest BCUT2D eigenvalue weighted by molar-refractivity contribution is -0.0143. The summed E-state index contributed by atoms with van der Waals surface area (Å²) >= 11 is 0. The van der Waals surface area contributed by atoms with Crippen LogP contribution in [-0.4, -0.2) is 18.2 Å². The molecule has 0 spiro atoms. The Morgan fingerprint density at radius 1 is 1.30 bits per heavy atom. The normalized spacial score (nSPS) is 20.8. The van der Waals surface area contributed by atoms with Gasteiger partial charge in [-0.25, -0.2) is 0 Å². The summed E-state index contributed by atoms with van der Waals surface area (Å²) in [6.45, 7) is 5.57. The molecule has 0 aliphatic heterocycles. The Kier molecular flexibility index (Phi) is 4.02. The molecule has 0 aromatic heterocycles. The molecule has 2 saturated carbocycles. The highest BCUT2D eigenvalue weighted by Gasteiger charge is 2.39. The molecule has 0 heterocycles. The molecule has 1 aromatic carbocycles. The molecule has 1 aromatic rings. The van der Waals surface area contributed by atoms with Crippen molar-refractivity contribution in [2.45, 2.75) is 69.9 Å². The van der Waals surface area contributed by atoms with E-state index >= 15 is 0 Å². The Labute approximate surface area is 122 Å². The van der Waals surface area contributed by atoms with Crippen LogP contribution in [0.3, 0.4) is 0 Å². The third-order valence-corrected chi connectivity index (χ3v) is 4.71. The summed E-state index contributed by atoms with van der Waals surface area (Å²) in [5.41, 5.74) is 1.48. The van der Waals surface area contributed by atoms with Crippen LogP contribution in [0.2, 0.25) is 0 Å². The molecular weight excluding hydrogens is 246 g/mol. The maximum Gasteiger partial charge on any atom is 0.120 e. The summed E-state index contributed by atoms with van der Waals surface area (Å²) < 4.78 is 6.39. The zero-order valence-electron chi connectivity index (χ0n) is 12.8. The van der Waals surface area contributed by atoms with Gasteiger partial charge in [0, 0.05) is 6.04 Å². The molecule has 2 aliphatic rings. The van der Waals surface area contributed by atoms with Crippen LogP contribution in [0.15, 0.2) is 24.3 Å². The number of benzene rings is 1. The van der Waals surface area contributed by atoms with Crippen molar-refractivity contribution >= 4 is 0 Å². The summed E-state index contributed by atoms with van der Waals surface area (Å²) in [6, 6.07) is 9.45. The first-order valence-corrected chi connectivity index (χ1v) is 8.19. The predicted molar refractivity (Wildman–Crippen MR) is 83.4 cm³/mol. The summed E-state index contributed by atoms with van der Waals surface area (Å²) in [5.74, 6) is 1.62. The smallest absolute Gasteiger partial charge is 0.120 e. The Morgan fingerprint density at radius 2 is 2.10 bits per heavy atom. The molecule has 2 nitrogen and oxygen atoms in total. The molecule has 0 atom stereocenters. The Balaban J connectivity index is 1.59. The predicted octanol–water partition coefficient (Wildman–Crippen LogP) is 4.25. The fourth-order valence-electron chi connectivity index (χ4n) is 2.95. The van der Waals surface area contributed by atoms with Gasteiger partial charge >= 0.3 is 0 Å². The second kappa shape index (κ2) is 5.77. The molecule has 110 valence electrons. The van der Waals surface area contributed by atoms with E-state index in [9.17, 15) is 0 Å². The molecular formula is C18H27NO. The maximum absolute atomic E-state index is 6.39. The van der Waals surface area contributed by atoms with Crippen LogP contribution in [0.25, 0.3) is 0 Å². The fraction of sp³-hybridized carbons (Fsp3) is 0.667. The molecule has 0 radical (unpaired) electrons. The van der Waals surface area contributed by atoms with Crippen molar-refractivity contribution in [3.8, 4) is 5.75 Å². The van der Waals surface area contributed by atoms with E-state index in [0.717, 1.165) is 24.8 Å². The number of nitrogens with one attached hydrogen (secondary N) is 1. The molecule has 0 saturated heterocycles. The highest BCUT2D eigenvalue weighted by Crippen LogP contribution is 2.39. The first-order chi connectivity index (χ1) is 9.67. The second-order valence-corrected chi connectivity index (χ2v) is 6.84. The average Bonchev–Trinajstić information content (AvgIpc) is 3.20. The lowest BCUT2D eigenvalue weighted by Gasteiger charge is -2.42. The highest BCUT2D eigenvalue weighted by molar-refractivity contribution is 5.31. The van der Waals surface area contributed by atoms with E-state index in [4.69, 9.17) is 4.74 Å². The van der Waals surface area contributed by atoms with Gasteiger partial charge in [-0.3, -0.25) is 0 Å². The average molecular weight is 273 g/mol. The SMILES string of the molecule is CC(C)c1cccc(OC2(CCNC3CC3)CCC2)c1. The van der Waals surface area contributed by atoms with Crippen molar-refractivity contribution in [1.82, 2.24) is 5.32 Å². The summed E-state index contributed by atoms with van der Waals surface area (Å²) in [6.07, 6.45) is 7.62. The molecule has 0 unspecified atom stereocenters. The molecule has 1 N–H and O–H groups in total. The summed E-state index contributed by atoms with van der Waals surface area (Å²) in [4.78, 5) is 0. The number of ether oxygens (including phenoxy) is 1. The van der Waals surface area contributed by atoms with Gasteiger partial charge in [-0.2, -0.15) is 0 Å². The van der Waals surface area contributed by atoms with Gasteiger partial charge in [0.15, 0.2) is 0 Å². The van der Waals surface area contributed by atoms with Crippen molar-refractivity contribution in [2.24, 2.45) is 0 Å². The van der Waals surface area contributed by atoms with E-state index < -0.39 is 0 Å². The summed E-state index contributed by atoms with van der Waals surface area (Å²) in [5, 5.41) is 3.62. The highest BCUT2D eigenvalue weighted by atomic mass is 16.5. The first kappa shape index (κ1) is 13.9. The monoisotopic (exact) mass is 273 g/mol. The Bertz CT molecular complexity index is 446. The lowest BCUT2D eigenvalue weighted by Crippen LogP contribution is -2.45. The minimum absolute atomic E-state index is 0.109. The van der Waals surface area contributed by atoms with E-state index in [1.807, 2.05) is 0 Å². The van der Waals surface area contributed by atoms with Gasteiger partial charge in [-0.1, -0.05) is 26.0 Å². The van der Waals surface area contributed by atoms with Crippen LogP contribution in [0.5, 0.6) is 5.75 Å². The van der Waals surface area contributed by atoms with Crippen molar-refractivity contribution in [3.63, 3.8) is 0 Å². The third kappa shape index (κ3) is 3.35. The van der Waals surface area contributed by atoms with Gasteiger partial charge in [0.05, 0.1) is 0 Å². The van der Waals surface area contributed by atoms with Gasteiger partial charge in [-0.15, -0.1) is 0 Å². The largest absolute Gasteiger partial charge is 0.487 e. The molecule has 20 heavy (non-hydrogen) atoms. The van der Waals surface area contributed by atoms with E-state index in [0.29, 0.717) is 5.92 Å². The number of hydrogen-bond donors (Lipinski definition) is 1. The van der Waals surface area contributed by atoms with E-state index in [2.05, 4.69) is 43.4 Å². The van der Waals surface area contributed by atoms with Crippen LogP contribution in [-0.2, 0) is 0 Å². The summed E-state index contributed by atoms with van der Waals surface area (Å²) in [7, 11) is 0. The van der Waals surface area contributed by atoms with Crippen molar-refractivity contribution in [3.05, 3.63) is 29.8 Å². The topological polar surface area (TPSA) is 21.3 Å². The molecule has 2 fully saturated rings. The zero-order chi connectivity index (χ0) is 14.0. The molecule has 0 bridgehead atoms. The van der Waals surface area contributed by atoms with Gasteiger partial charge < -0.3 is 10.1 Å². The fourth-order valence-corrected chi connectivity index (χ4v) is 2.95. The molecule has 3 rings (SSSR count). The molecule has 2 heteroatoms. The Morgan fingerprint density at radius 3 is 2.70 bits per heavy atom. The standard InChI is InChI=1S/C18H27NO/c1-14(2)15-5-3-6-17(13-15)20-18(9-4-10-18)11-12-19-16-7-8-16/h3,5-6,13-14,16,19H,4,7-12H2,1-2H3. The van der Waals surface area contributed by atoms with Crippen LogP contribution in [0.4, 0.5) is 0 Å². The lowest BCUT2D eigenvalue weighted by atomic mass is 9.77. The quantitative estimate of drug-likeness (QED) is 0.801. The van der Waals surface area contributed by atoms with Crippen LogP contribution in [0, 0.1) is 0 Å². The van der Waals surface area contributed by atoms with E-state index in [1.54, 1.807) is 0 Å². The minimum Gasteiger partial charge on any atom is -0.487 e. The third-order valence-electron chi connectivity index (χ3n) is 4.71. The van der Waals surface area contributed by atoms with Crippen LogP contribution in [0.1, 0.15) is 63.9 Å². The van der Waals surface area contributed by atoms with Crippen molar-refractivity contribution in [1.29, 1.82) is 0 Å². The maximum atomic E-state index is 6.39. The van der Waals surface area contributed by atoms with Crippen molar-refractivity contribution < 1.29 is 4.74 Å². The van der Waals surface area contributed by atoms with Crippen LogP contribution < -0.4 is 10.1 Å². The van der Waals surface area contributed by atoms with Gasteiger partial charge in [0.25, 0.3) is 0 Å². The van der Waals surface area contributed by atoms with Gasteiger partial charge in [0.2, 0.25) is 0 Å². The molecule has 0 amide bonds. The van der Waals surface area contributed by atoms with Crippen LogP contribution >= 0.6 is 0 Å². The first-order valence-electron chi connectivity index (χ1n) is 8.19. The van der Waals surface area contributed by atoms with Gasteiger partial charge in [0.1, 0.15) is 11.4 Å².